The van der Waals surface area contributed by atoms with E-state index in [1.165, 1.54) is 19.1 Å². The topological polar surface area (TPSA) is 93.1 Å². The normalized spacial score (nSPS) is 13.0. The molecule has 2 amide bonds. The molecule has 8 nitrogen and oxygen atoms in total. The SMILES string of the molecule is COc1cc(NC(=O)CN2C(=O)CC(c3ccc(Cl)cc3)=Nc3cccnc32)cc(OC)c1. The van der Waals surface area contributed by atoms with Gasteiger partial charge in [0.15, 0.2) is 5.82 Å². The fourth-order valence-electron chi connectivity index (χ4n) is 3.42. The van der Waals surface area contributed by atoms with E-state index in [1.54, 1.807) is 48.7 Å². The molecule has 0 atom stereocenters. The summed E-state index contributed by atoms with van der Waals surface area (Å²) in [5.74, 6) is 0.696. The van der Waals surface area contributed by atoms with E-state index in [1.807, 2.05) is 12.1 Å². The monoisotopic (exact) mass is 464 g/mol. The number of halogens is 1. The van der Waals surface area contributed by atoms with Crippen molar-refractivity contribution in [2.45, 2.75) is 6.42 Å². The molecule has 9 heteroatoms. The third-order valence-electron chi connectivity index (χ3n) is 5.01. The van der Waals surface area contributed by atoms with Gasteiger partial charge in [-0.1, -0.05) is 23.7 Å². The molecule has 168 valence electrons. The maximum atomic E-state index is 13.2. The number of nitrogens with zero attached hydrogens (tertiary/aromatic N) is 3. The van der Waals surface area contributed by atoms with Crippen LogP contribution in [0.5, 0.6) is 11.5 Å². The van der Waals surface area contributed by atoms with Gasteiger partial charge in [-0.05, 0) is 29.8 Å². The molecule has 2 aromatic carbocycles. The Morgan fingerprint density at radius 2 is 1.79 bits per heavy atom. The molecular formula is C24H21ClN4O4. The number of rotatable bonds is 6. The largest absolute Gasteiger partial charge is 0.497 e. The van der Waals surface area contributed by atoms with Crippen LogP contribution in [0.1, 0.15) is 12.0 Å². The van der Waals surface area contributed by atoms with Crippen molar-refractivity contribution in [2.24, 2.45) is 4.99 Å². The molecule has 0 radical (unpaired) electrons. The summed E-state index contributed by atoms with van der Waals surface area (Å²) < 4.78 is 10.5. The molecule has 1 aromatic heterocycles. The van der Waals surface area contributed by atoms with E-state index in [9.17, 15) is 9.59 Å². The van der Waals surface area contributed by atoms with Crippen molar-refractivity contribution in [3.63, 3.8) is 0 Å². The Bertz CT molecular complexity index is 1210. The number of hydrogen-bond acceptors (Lipinski definition) is 6. The lowest BCUT2D eigenvalue weighted by molar-refractivity contribution is -0.120. The van der Waals surface area contributed by atoms with Crippen molar-refractivity contribution >= 4 is 46.3 Å². The molecule has 2 heterocycles. The molecular weight excluding hydrogens is 444 g/mol. The lowest BCUT2D eigenvalue weighted by Crippen LogP contribution is -2.39. The molecule has 0 bridgehead atoms. The molecule has 33 heavy (non-hydrogen) atoms. The van der Waals surface area contributed by atoms with Gasteiger partial charge >= 0.3 is 0 Å². The Labute approximate surface area is 195 Å². The minimum atomic E-state index is -0.398. The second-order valence-electron chi connectivity index (χ2n) is 7.22. The summed E-state index contributed by atoms with van der Waals surface area (Å²) >= 11 is 5.99. The minimum Gasteiger partial charge on any atom is -0.497 e. The van der Waals surface area contributed by atoms with E-state index in [4.69, 9.17) is 21.1 Å². The first-order valence-electron chi connectivity index (χ1n) is 10.1. The number of nitrogens with one attached hydrogen (secondary N) is 1. The lowest BCUT2D eigenvalue weighted by atomic mass is 10.1. The van der Waals surface area contributed by atoms with Crippen LogP contribution in [0.15, 0.2) is 65.8 Å². The van der Waals surface area contributed by atoms with Crippen LogP contribution < -0.4 is 19.7 Å². The molecule has 1 aliphatic rings. The van der Waals surface area contributed by atoms with Gasteiger partial charge in [-0.3, -0.25) is 14.5 Å². The number of fused-ring (bicyclic) bond motifs is 1. The number of anilines is 2. The second-order valence-corrected chi connectivity index (χ2v) is 7.65. The first kappa shape index (κ1) is 22.3. The Hall–Kier alpha value is -3.91. The van der Waals surface area contributed by atoms with Crippen molar-refractivity contribution in [1.82, 2.24) is 4.98 Å². The number of benzene rings is 2. The zero-order chi connectivity index (χ0) is 23.4. The van der Waals surface area contributed by atoms with E-state index in [0.29, 0.717) is 39.4 Å². The molecule has 4 rings (SSSR count). The molecule has 0 saturated carbocycles. The number of hydrogen-bond donors (Lipinski definition) is 1. The fraction of sp³-hybridized carbons (Fsp3) is 0.167. The van der Waals surface area contributed by atoms with E-state index in [2.05, 4.69) is 15.3 Å². The van der Waals surface area contributed by atoms with Crippen molar-refractivity contribution in [2.75, 3.05) is 31.0 Å². The summed E-state index contributed by atoms with van der Waals surface area (Å²) in [4.78, 5) is 36.4. The quantitative estimate of drug-likeness (QED) is 0.588. The van der Waals surface area contributed by atoms with Crippen LogP contribution in [0.25, 0.3) is 0 Å². The first-order valence-corrected chi connectivity index (χ1v) is 10.5. The molecule has 0 spiro atoms. The Balaban J connectivity index is 1.59. The van der Waals surface area contributed by atoms with Crippen LogP contribution >= 0.6 is 11.6 Å². The number of carbonyl (C=O) groups is 2. The number of carbonyl (C=O) groups excluding carboxylic acids is 2. The van der Waals surface area contributed by atoms with Crippen LogP contribution in [-0.4, -0.2) is 43.3 Å². The lowest BCUT2D eigenvalue weighted by Gasteiger charge is -2.20. The molecule has 0 saturated heterocycles. The van der Waals surface area contributed by atoms with Crippen molar-refractivity contribution < 1.29 is 19.1 Å². The van der Waals surface area contributed by atoms with Gasteiger partial charge in [0.1, 0.15) is 23.7 Å². The highest BCUT2D eigenvalue weighted by molar-refractivity contribution is 6.30. The maximum absolute atomic E-state index is 13.2. The van der Waals surface area contributed by atoms with E-state index >= 15 is 0 Å². The van der Waals surface area contributed by atoms with E-state index in [-0.39, 0.29) is 18.9 Å². The molecule has 3 aromatic rings. The Morgan fingerprint density at radius 1 is 1.09 bits per heavy atom. The summed E-state index contributed by atoms with van der Waals surface area (Å²) in [6.45, 7) is -0.230. The van der Waals surface area contributed by atoms with Crippen molar-refractivity contribution in [1.29, 1.82) is 0 Å². The predicted octanol–water partition coefficient (Wildman–Crippen LogP) is 4.25. The highest BCUT2D eigenvalue weighted by atomic mass is 35.5. The summed E-state index contributed by atoms with van der Waals surface area (Å²) in [5.41, 5.74) is 2.34. The van der Waals surface area contributed by atoms with Crippen LogP contribution in [0.3, 0.4) is 0 Å². The number of aliphatic imine (C=N–C) groups is 1. The third-order valence-corrected chi connectivity index (χ3v) is 5.26. The number of amides is 2. The van der Waals surface area contributed by atoms with E-state index in [0.717, 1.165) is 5.56 Å². The van der Waals surface area contributed by atoms with Gasteiger partial charge in [-0.15, -0.1) is 0 Å². The number of methoxy groups -OCH3 is 2. The van der Waals surface area contributed by atoms with Gasteiger partial charge in [-0.25, -0.2) is 9.98 Å². The minimum absolute atomic E-state index is 0.0122. The van der Waals surface area contributed by atoms with Crippen LogP contribution in [0.4, 0.5) is 17.2 Å². The van der Waals surface area contributed by atoms with Gasteiger partial charge in [0.25, 0.3) is 0 Å². The standard InChI is InChI=1S/C24H21ClN4O4/c1-32-18-10-17(11-19(12-18)33-2)27-22(30)14-29-23(31)13-21(15-5-7-16(25)8-6-15)28-20-4-3-9-26-24(20)29/h3-12H,13-14H2,1-2H3,(H,27,30). The van der Waals surface area contributed by atoms with Crippen molar-refractivity contribution in [3.8, 4) is 11.5 Å². The average Bonchev–Trinajstić information content (AvgIpc) is 2.95. The molecule has 1 aliphatic heterocycles. The van der Waals surface area contributed by atoms with Crippen LogP contribution in [0, 0.1) is 0 Å². The predicted molar refractivity (Wildman–Crippen MR) is 127 cm³/mol. The zero-order valence-electron chi connectivity index (χ0n) is 18.0. The molecule has 0 fully saturated rings. The zero-order valence-corrected chi connectivity index (χ0v) is 18.8. The summed E-state index contributed by atoms with van der Waals surface area (Å²) in [6.07, 6.45) is 1.57. The molecule has 0 unspecified atom stereocenters. The Kier molecular flexibility index (Phi) is 6.55. The fourth-order valence-corrected chi connectivity index (χ4v) is 3.55. The Morgan fingerprint density at radius 3 is 2.45 bits per heavy atom. The second kappa shape index (κ2) is 9.70. The van der Waals surface area contributed by atoms with Gasteiger partial charge in [0.2, 0.25) is 11.8 Å². The number of ether oxygens (including phenoxy) is 2. The number of pyridine rings is 1. The van der Waals surface area contributed by atoms with Gasteiger partial charge in [0, 0.05) is 35.1 Å². The van der Waals surface area contributed by atoms with Gasteiger partial charge in [-0.2, -0.15) is 0 Å². The van der Waals surface area contributed by atoms with Gasteiger partial charge in [0.05, 0.1) is 26.4 Å². The smallest absolute Gasteiger partial charge is 0.244 e. The highest BCUT2D eigenvalue weighted by Gasteiger charge is 2.27. The maximum Gasteiger partial charge on any atom is 0.244 e. The van der Waals surface area contributed by atoms with Gasteiger partial charge < -0.3 is 14.8 Å². The highest BCUT2D eigenvalue weighted by Crippen LogP contribution is 2.31. The summed E-state index contributed by atoms with van der Waals surface area (Å²) in [5, 5.41) is 3.38. The van der Waals surface area contributed by atoms with Crippen LogP contribution in [-0.2, 0) is 9.59 Å². The molecule has 1 N–H and O–H groups in total. The average molecular weight is 465 g/mol. The third kappa shape index (κ3) is 5.12. The molecule has 0 aliphatic carbocycles. The first-order chi connectivity index (χ1) is 16.0. The number of aromatic nitrogens is 1. The van der Waals surface area contributed by atoms with Crippen molar-refractivity contribution in [3.05, 3.63) is 71.4 Å². The van der Waals surface area contributed by atoms with E-state index < -0.39 is 5.91 Å². The summed E-state index contributed by atoms with van der Waals surface area (Å²) in [6, 6.07) is 15.6. The summed E-state index contributed by atoms with van der Waals surface area (Å²) in [7, 11) is 3.05. The van der Waals surface area contributed by atoms with Crippen LogP contribution in [0.2, 0.25) is 5.02 Å².